The van der Waals surface area contributed by atoms with E-state index in [0.717, 1.165) is 28.2 Å². The molecule has 29 heavy (non-hydrogen) atoms. The van der Waals surface area contributed by atoms with Gasteiger partial charge >= 0.3 is 6.09 Å². The van der Waals surface area contributed by atoms with Crippen molar-refractivity contribution in [1.29, 1.82) is 0 Å². The molecule has 1 saturated heterocycles. The van der Waals surface area contributed by atoms with Crippen molar-refractivity contribution in [3.63, 3.8) is 0 Å². The number of aromatic nitrogens is 2. The summed E-state index contributed by atoms with van der Waals surface area (Å²) < 4.78 is 5.51. The van der Waals surface area contributed by atoms with Gasteiger partial charge in [0.2, 0.25) is 0 Å². The molecule has 158 valence electrons. The monoisotopic (exact) mass is 398 g/mol. The van der Waals surface area contributed by atoms with E-state index in [1.807, 2.05) is 53.7 Å². The molecule has 1 aliphatic rings. The van der Waals surface area contributed by atoms with Gasteiger partial charge in [-0.1, -0.05) is 24.3 Å². The normalized spacial score (nSPS) is 16.5. The van der Waals surface area contributed by atoms with E-state index >= 15 is 0 Å². The van der Waals surface area contributed by atoms with E-state index in [1.165, 1.54) is 0 Å². The van der Waals surface area contributed by atoms with Crippen molar-refractivity contribution in [1.82, 2.24) is 14.9 Å². The summed E-state index contributed by atoms with van der Waals surface area (Å²) in [5.74, 6) is 0.919. The average Bonchev–Trinajstić information content (AvgIpc) is 2.67. The molecule has 2 heterocycles. The van der Waals surface area contributed by atoms with E-state index in [9.17, 15) is 4.79 Å². The van der Waals surface area contributed by atoms with Crippen molar-refractivity contribution in [2.45, 2.75) is 54.1 Å². The predicted molar refractivity (Wildman–Crippen MR) is 119 cm³/mol. The molecule has 1 aromatic rings. The highest BCUT2D eigenvalue weighted by Crippen LogP contribution is 2.32. The molecular weight excluding hydrogens is 364 g/mol. The minimum atomic E-state index is -0.483. The van der Waals surface area contributed by atoms with Crippen LogP contribution in [0.1, 0.15) is 52.8 Å². The molecule has 0 bridgehead atoms. The first kappa shape index (κ1) is 22.7. The van der Waals surface area contributed by atoms with Crippen LogP contribution in [-0.4, -0.2) is 52.7 Å². The molecule has 0 radical (unpaired) electrons. The maximum atomic E-state index is 12.4. The number of anilines is 1. The predicted octanol–water partition coefficient (Wildman–Crippen LogP) is 4.77. The average molecular weight is 399 g/mol. The number of carbonyl (C=O) groups excluding carboxylic acids is 1. The van der Waals surface area contributed by atoms with Crippen LogP contribution in [-0.2, 0) is 4.74 Å². The summed E-state index contributed by atoms with van der Waals surface area (Å²) in [5.41, 5.74) is 3.82. The molecule has 0 unspecified atom stereocenters. The fourth-order valence-corrected chi connectivity index (χ4v) is 3.34. The second-order valence-electron chi connectivity index (χ2n) is 8.19. The Labute approximate surface area is 175 Å². The molecule has 0 aromatic carbocycles. The molecule has 0 saturated carbocycles. The van der Waals surface area contributed by atoms with Gasteiger partial charge in [0.05, 0.1) is 5.69 Å². The maximum Gasteiger partial charge on any atom is 0.410 e. The highest BCUT2D eigenvalue weighted by atomic mass is 16.6. The maximum absolute atomic E-state index is 12.4. The number of ether oxygens (including phenoxy) is 1. The first-order chi connectivity index (χ1) is 13.7. The van der Waals surface area contributed by atoms with Crippen molar-refractivity contribution >= 4 is 17.5 Å². The van der Waals surface area contributed by atoms with Gasteiger partial charge in [-0.25, -0.2) is 14.8 Å². The summed E-state index contributed by atoms with van der Waals surface area (Å²) in [6.45, 7) is 16.5. The van der Waals surface area contributed by atoms with Crippen LogP contribution in [0.15, 0.2) is 36.2 Å². The highest BCUT2D eigenvalue weighted by molar-refractivity contribution is 5.85. The molecule has 0 spiro atoms. The molecule has 1 fully saturated rings. The first-order valence-corrected chi connectivity index (χ1v) is 10.2. The summed E-state index contributed by atoms with van der Waals surface area (Å²) in [6, 6.07) is 0. The van der Waals surface area contributed by atoms with E-state index in [4.69, 9.17) is 4.74 Å². The Morgan fingerprint density at radius 1 is 1.14 bits per heavy atom. The molecule has 6 nitrogen and oxygen atoms in total. The summed E-state index contributed by atoms with van der Waals surface area (Å²) >= 11 is 0. The van der Waals surface area contributed by atoms with E-state index in [0.29, 0.717) is 26.2 Å². The Bertz CT molecular complexity index is 811. The third kappa shape index (κ3) is 5.92. The topological polar surface area (TPSA) is 58.6 Å². The largest absolute Gasteiger partial charge is 0.444 e. The van der Waals surface area contributed by atoms with Gasteiger partial charge in [0, 0.05) is 31.7 Å². The van der Waals surface area contributed by atoms with Crippen molar-refractivity contribution < 1.29 is 9.53 Å². The zero-order chi connectivity index (χ0) is 21.6. The van der Waals surface area contributed by atoms with Crippen LogP contribution >= 0.6 is 0 Å². The smallest absolute Gasteiger partial charge is 0.410 e. The number of amides is 1. The second-order valence-corrected chi connectivity index (χ2v) is 8.19. The summed E-state index contributed by atoms with van der Waals surface area (Å²) in [7, 11) is 0. The van der Waals surface area contributed by atoms with Gasteiger partial charge < -0.3 is 14.5 Å². The Kier molecular flexibility index (Phi) is 7.59. The quantitative estimate of drug-likeness (QED) is 0.684. The number of piperazine rings is 1. The lowest BCUT2D eigenvalue weighted by atomic mass is 9.96. The van der Waals surface area contributed by atoms with Gasteiger partial charge in [-0.05, 0) is 59.6 Å². The fourth-order valence-electron chi connectivity index (χ4n) is 3.34. The van der Waals surface area contributed by atoms with Gasteiger partial charge in [0.15, 0.2) is 0 Å². The van der Waals surface area contributed by atoms with E-state index < -0.39 is 5.60 Å². The molecule has 0 N–H and O–H groups in total. The number of hydrogen-bond donors (Lipinski definition) is 0. The summed E-state index contributed by atoms with van der Waals surface area (Å²) in [5, 5.41) is 0. The molecule has 1 amide bonds. The van der Waals surface area contributed by atoms with Crippen LogP contribution in [0.2, 0.25) is 0 Å². The standard InChI is InChI=1S/C23H34N4O2/c1-8-10-11-17(3)19(9-2)20-18(4)24-16-25-21(20)26-12-14-27(15-13-26)22(28)29-23(5,6)7/h8-11,16H,12-15H2,1-7H3/b10-8-,17-11+,19-9-. The molecule has 1 aromatic heterocycles. The molecule has 2 rings (SSSR count). The minimum Gasteiger partial charge on any atom is -0.444 e. The van der Waals surface area contributed by atoms with Crippen LogP contribution < -0.4 is 4.90 Å². The fraction of sp³-hybridized carbons (Fsp3) is 0.522. The van der Waals surface area contributed by atoms with Crippen molar-refractivity contribution in [2.24, 2.45) is 0 Å². The third-order valence-electron chi connectivity index (χ3n) is 4.77. The molecule has 6 heteroatoms. The Morgan fingerprint density at radius 3 is 2.34 bits per heavy atom. The van der Waals surface area contributed by atoms with Crippen molar-refractivity contribution in [2.75, 3.05) is 31.1 Å². The van der Waals surface area contributed by atoms with Gasteiger partial charge in [-0.3, -0.25) is 0 Å². The van der Waals surface area contributed by atoms with Crippen LogP contribution in [0, 0.1) is 6.92 Å². The number of carbonyl (C=O) groups is 1. The number of hydrogen-bond acceptors (Lipinski definition) is 5. The Morgan fingerprint density at radius 2 is 1.79 bits per heavy atom. The lowest BCUT2D eigenvalue weighted by molar-refractivity contribution is 0.0240. The Balaban J connectivity index is 2.25. The number of nitrogens with zero attached hydrogens (tertiary/aromatic N) is 4. The SMILES string of the molecule is C\C=C/C=C(C)/C(=C/C)c1c(C)ncnc1N1CCN(C(=O)OC(C)(C)C)CC1. The minimum absolute atomic E-state index is 0.254. The van der Waals surface area contributed by atoms with Crippen molar-refractivity contribution in [3.05, 3.63) is 47.5 Å². The van der Waals surface area contributed by atoms with Gasteiger partial charge in [0.1, 0.15) is 17.7 Å². The second kappa shape index (κ2) is 9.72. The van der Waals surface area contributed by atoms with Crippen LogP contribution in [0.3, 0.4) is 0 Å². The molecule has 0 atom stereocenters. The van der Waals surface area contributed by atoms with Gasteiger partial charge in [-0.2, -0.15) is 0 Å². The van der Waals surface area contributed by atoms with Gasteiger partial charge in [0.25, 0.3) is 0 Å². The van der Waals surface area contributed by atoms with Gasteiger partial charge in [-0.15, -0.1) is 0 Å². The molecule has 1 aliphatic heterocycles. The zero-order valence-electron chi connectivity index (χ0n) is 18.8. The zero-order valence-corrected chi connectivity index (χ0v) is 18.8. The lowest BCUT2D eigenvalue weighted by Crippen LogP contribution is -2.50. The molecule has 0 aliphatic carbocycles. The van der Waals surface area contributed by atoms with E-state index in [2.05, 4.69) is 33.9 Å². The first-order valence-electron chi connectivity index (χ1n) is 10.2. The number of allylic oxidation sites excluding steroid dienone is 6. The highest BCUT2D eigenvalue weighted by Gasteiger charge is 2.28. The van der Waals surface area contributed by atoms with Crippen LogP contribution in [0.5, 0.6) is 0 Å². The summed E-state index contributed by atoms with van der Waals surface area (Å²) in [4.78, 5) is 25.4. The van der Waals surface area contributed by atoms with Crippen LogP contribution in [0.25, 0.3) is 5.57 Å². The summed E-state index contributed by atoms with van der Waals surface area (Å²) in [6.07, 6.45) is 9.63. The van der Waals surface area contributed by atoms with E-state index in [-0.39, 0.29) is 6.09 Å². The van der Waals surface area contributed by atoms with E-state index in [1.54, 1.807) is 11.2 Å². The Hall–Kier alpha value is -2.63. The van der Waals surface area contributed by atoms with Crippen molar-refractivity contribution in [3.8, 4) is 0 Å². The number of rotatable bonds is 4. The number of aryl methyl sites for hydroxylation is 1. The lowest BCUT2D eigenvalue weighted by Gasteiger charge is -2.37. The molecular formula is C23H34N4O2. The third-order valence-corrected chi connectivity index (χ3v) is 4.77. The van der Waals surface area contributed by atoms with Crippen LogP contribution in [0.4, 0.5) is 10.6 Å².